The molecule has 0 unspecified atom stereocenters. The number of rotatable bonds is 3. The monoisotopic (exact) mass is 283 g/mol. The molecule has 0 saturated carbocycles. The van der Waals surface area contributed by atoms with Crippen molar-refractivity contribution in [3.05, 3.63) is 29.3 Å². The van der Waals surface area contributed by atoms with E-state index in [1.54, 1.807) is 16.4 Å². The van der Waals surface area contributed by atoms with Crippen LogP contribution in [0.3, 0.4) is 0 Å². The molecule has 1 fully saturated rings. The van der Waals surface area contributed by atoms with Crippen LogP contribution in [0.5, 0.6) is 0 Å². The van der Waals surface area contributed by atoms with Crippen molar-refractivity contribution in [2.45, 2.75) is 18.4 Å². The molecule has 0 amide bonds. The number of benzene rings is 1. The lowest BCUT2D eigenvalue weighted by Gasteiger charge is -2.31. The molecular formula is C13H21N3O2S. The lowest BCUT2D eigenvalue weighted by molar-refractivity contribution is 0.222. The highest BCUT2D eigenvalue weighted by Crippen LogP contribution is 2.20. The molecule has 6 heteroatoms. The van der Waals surface area contributed by atoms with Gasteiger partial charge in [-0.25, -0.2) is 8.42 Å². The summed E-state index contributed by atoms with van der Waals surface area (Å²) in [5, 5.41) is 0. The number of nitrogens with zero attached hydrogens (tertiary/aromatic N) is 2. The summed E-state index contributed by atoms with van der Waals surface area (Å²) in [6.07, 6.45) is 0. The molecule has 1 aliphatic heterocycles. The van der Waals surface area contributed by atoms with Crippen molar-refractivity contribution in [3.8, 4) is 0 Å². The fourth-order valence-electron chi connectivity index (χ4n) is 2.21. The van der Waals surface area contributed by atoms with E-state index in [9.17, 15) is 8.42 Å². The Bertz CT molecular complexity index is 549. The molecule has 1 saturated heterocycles. The predicted octanol–water partition coefficient (Wildman–Crippen LogP) is 0.390. The lowest BCUT2D eigenvalue weighted by Crippen LogP contribution is -2.47. The van der Waals surface area contributed by atoms with E-state index in [0.29, 0.717) is 24.5 Å². The maximum atomic E-state index is 12.5. The van der Waals surface area contributed by atoms with Crippen molar-refractivity contribution >= 4 is 10.0 Å². The van der Waals surface area contributed by atoms with Crippen LogP contribution >= 0.6 is 0 Å². The Labute approximate surface area is 115 Å². The summed E-state index contributed by atoms with van der Waals surface area (Å²) in [4.78, 5) is 2.48. The first kappa shape index (κ1) is 14.5. The highest BCUT2D eigenvalue weighted by atomic mass is 32.2. The quantitative estimate of drug-likeness (QED) is 0.871. The molecule has 5 nitrogen and oxygen atoms in total. The Hall–Kier alpha value is -0.950. The van der Waals surface area contributed by atoms with Gasteiger partial charge in [0.05, 0.1) is 4.90 Å². The number of hydrogen-bond acceptors (Lipinski definition) is 4. The van der Waals surface area contributed by atoms with Gasteiger partial charge in [0.2, 0.25) is 10.0 Å². The number of sulfonamides is 1. The molecule has 0 aromatic heterocycles. The maximum Gasteiger partial charge on any atom is 0.243 e. The third-order valence-electron chi connectivity index (χ3n) is 3.64. The van der Waals surface area contributed by atoms with Crippen LogP contribution in [0.2, 0.25) is 0 Å². The minimum absolute atomic E-state index is 0.350. The molecule has 0 atom stereocenters. The molecule has 1 aromatic carbocycles. The van der Waals surface area contributed by atoms with Crippen LogP contribution in [-0.2, 0) is 16.6 Å². The van der Waals surface area contributed by atoms with Gasteiger partial charge in [-0.3, -0.25) is 0 Å². The van der Waals surface area contributed by atoms with E-state index >= 15 is 0 Å². The van der Waals surface area contributed by atoms with E-state index in [4.69, 9.17) is 5.73 Å². The minimum Gasteiger partial charge on any atom is -0.326 e. The molecule has 2 N–H and O–H groups in total. The van der Waals surface area contributed by atoms with Gasteiger partial charge in [-0.15, -0.1) is 0 Å². The first-order valence-electron chi connectivity index (χ1n) is 6.43. The van der Waals surface area contributed by atoms with Gasteiger partial charge in [0.1, 0.15) is 0 Å². The SMILES string of the molecule is Cc1ccc(S(=O)(=O)N2CCN(C)CC2)cc1CN. The van der Waals surface area contributed by atoms with Crippen molar-refractivity contribution < 1.29 is 8.42 Å². The number of likely N-dealkylation sites (N-methyl/N-ethyl adjacent to an activating group) is 1. The fraction of sp³-hybridized carbons (Fsp3) is 0.538. The van der Waals surface area contributed by atoms with Crippen LogP contribution in [0.1, 0.15) is 11.1 Å². The second-order valence-electron chi connectivity index (χ2n) is 5.00. The third kappa shape index (κ3) is 2.97. The number of aryl methyl sites for hydroxylation is 1. The van der Waals surface area contributed by atoms with Gasteiger partial charge >= 0.3 is 0 Å². The van der Waals surface area contributed by atoms with Crippen molar-refractivity contribution in [1.82, 2.24) is 9.21 Å². The first-order valence-corrected chi connectivity index (χ1v) is 7.87. The molecule has 0 bridgehead atoms. The van der Waals surface area contributed by atoms with E-state index < -0.39 is 10.0 Å². The number of nitrogens with two attached hydrogens (primary N) is 1. The summed E-state index contributed by atoms with van der Waals surface area (Å²) < 4.78 is 26.6. The van der Waals surface area contributed by atoms with E-state index in [1.165, 1.54) is 0 Å². The second kappa shape index (κ2) is 5.58. The summed E-state index contributed by atoms with van der Waals surface area (Å²) in [7, 11) is -1.38. The van der Waals surface area contributed by atoms with Crippen LogP contribution in [0, 0.1) is 6.92 Å². The summed E-state index contributed by atoms with van der Waals surface area (Å²) in [5.41, 5.74) is 7.56. The standard InChI is InChI=1S/C13H21N3O2S/c1-11-3-4-13(9-12(11)10-14)19(17,18)16-7-5-15(2)6-8-16/h3-4,9H,5-8,10,14H2,1-2H3. The fourth-order valence-corrected chi connectivity index (χ4v) is 3.68. The maximum absolute atomic E-state index is 12.5. The average molecular weight is 283 g/mol. The van der Waals surface area contributed by atoms with Gasteiger partial charge in [0, 0.05) is 32.7 Å². The summed E-state index contributed by atoms with van der Waals surface area (Å²) in [5.74, 6) is 0. The zero-order chi connectivity index (χ0) is 14.0. The third-order valence-corrected chi connectivity index (χ3v) is 5.54. The van der Waals surface area contributed by atoms with Crippen LogP contribution in [0.4, 0.5) is 0 Å². The predicted molar refractivity (Wildman–Crippen MR) is 75.3 cm³/mol. The van der Waals surface area contributed by atoms with Crippen molar-refractivity contribution in [2.24, 2.45) is 5.73 Å². The van der Waals surface area contributed by atoms with Gasteiger partial charge in [-0.2, -0.15) is 4.31 Å². The van der Waals surface area contributed by atoms with Crippen LogP contribution in [0.15, 0.2) is 23.1 Å². The average Bonchev–Trinajstić information content (AvgIpc) is 2.39. The van der Waals surface area contributed by atoms with Crippen molar-refractivity contribution in [2.75, 3.05) is 33.2 Å². The zero-order valence-corrected chi connectivity index (χ0v) is 12.3. The zero-order valence-electron chi connectivity index (χ0n) is 11.5. The summed E-state index contributed by atoms with van der Waals surface area (Å²) >= 11 is 0. The Morgan fingerprint density at radius 1 is 1.21 bits per heavy atom. The number of hydrogen-bond donors (Lipinski definition) is 1. The molecule has 2 rings (SSSR count). The smallest absolute Gasteiger partial charge is 0.243 e. The van der Waals surface area contributed by atoms with Crippen molar-refractivity contribution in [3.63, 3.8) is 0 Å². The van der Waals surface area contributed by atoms with E-state index in [2.05, 4.69) is 4.90 Å². The van der Waals surface area contributed by atoms with Gasteiger partial charge in [-0.1, -0.05) is 6.07 Å². The molecule has 1 aromatic rings. The van der Waals surface area contributed by atoms with Crippen LogP contribution in [-0.4, -0.2) is 50.8 Å². The van der Waals surface area contributed by atoms with Gasteiger partial charge in [-0.05, 0) is 37.2 Å². The molecule has 19 heavy (non-hydrogen) atoms. The Morgan fingerprint density at radius 2 is 1.84 bits per heavy atom. The normalized spacial score (nSPS) is 18.7. The van der Waals surface area contributed by atoms with Gasteiger partial charge in [0.25, 0.3) is 0 Å². The molecule has 0 spiro atoms. The van der Waals surface area contributed by atoms with E-state index in [0.717, 1.165) is 24.2 Å². The Kier molecular flexibility index (Phi) is 4.25. The molecule has 1 heterocycles. The molecule has 0 radical (unpaired) electrons. The molecule has 0 aliphatic carbocycles. The van der Waals surface area contributed by atoms with Gasteiger partial charge in [0.15, 0.2) is 0 Å². The van der Waals surface area contributed by atoms with Crippen LogP contribution in [0.25, 0.3) is 0 Å². The van der Waals surface area contributed by atoms with Gasteiger partial charge < -0.3 is 10.6 Å². The van der Waals surface area contributed by atoms with Crippen LogP contribution < -0.4 is 5.73 Å². The van der Waals surface area contributed by atoms with E-state index in [1.807, 2.05) is 20.0 Å². The Balaban J connectivity index is 2.29. The minimum atomic E-state index is -3.38. The number of piperazine rings is 1. The first-order chi connectivity index (χ1) is 8.95. The topological polar surface area (TPSA) is 66.6 Å². The second-order valence-corrected chi connectivity index (χ2v) is 6.94. The van der Waals surface area contributed by atoms with E-state index in [-0.39, 0.29) is 0 Å². The highest BCUT2D eigenvalue weighted by Gasteiger charge is 2.27. The lowest BCUT2D eigenvalue weighted by atomic mass is 10.1. The highest BCUT2D eigenvalue weighted by molar-refractivity contribution is 7.89. The summed E-state index contributed by atoms with van der Waals surface area (Å²) in [6.45, 7) is 4.94. The molecule has 106 valence electrons. The summed E-state index contributed by atoms with van der Waals surface area (Å²) in [6, 6.07) is 5.19. The van der Waals surface area contributed by atoms with Crippen molar-refractivity contribution in [1.29, 1.82) is 0 Å². The molecular weight excluding hydrogens is 262 g/mol. The Morgan fingerprint density at radius 3 is 2.42 bits per heavy atom. The molecule has 1 aliphatic rings. The largest absolute Gasteiger partial charge is 0.326 e.